The average Bonchev–Trinajstić information content (AvgIpc) is 1.96. The molecule has 1 aliphatic carbocycles. The van der Waals surface area contributed by atoms with Gasteiger partial charge in [-0.3, -0.25) is 4.79 Å². The lowest BCUT2D eigenvalue weighted by Gasteiger charge is -2.29. The molecule has 1 heteroatoms. The van der Waals surface area contributed by atoms with E-state index < -0.39 is 0 Å². The van der Waals surface area contributed by atoms with Crippen molar-refractivity contribution < 1.29 is 4.79 Å². The summed E-state index contributed by atoms with van der Waals surface area (Å²) in [7, 11) is 0. The van der Waals surface area contributed by atoms with Crippen LogP contribution in [0.3, 0.4) is 0 Å². The van der Waals surface area contributed by atoms with Crippen molar-refractivity contribution >= 4 is 5.78 Å². The number of terminal acetylenes is 1. The van der Waals surface area contributed by atoms with E-state index in [0.29, 0.717) is 12.2 Å². The van der Waals surface area contributed by atoms with Crippen molar-refractivity contribution in [2.24, 2.45) is 5.41 Å². The molecule has 0 heterocycles. The Bertz CT molecular complexity index is 199. The lowest BCUT2D eigenvalue weighted by molar-refractivity contribution is -0.130. The third-order valence-electron chi connectivity index (χ3n) is 2.55. The average molecular weight is 150 g/mol. The summed E-state index contributed by atoms with van der Waals surface area (Å²) < 4.78 is 0. The Morgan fingerprint density at radius 3 is 2.91 bits per heavy atom. The van der Waals surface area contributed by atoms with Crippen LogP contribution in [0.15, 0.2) is 0 Å². The quantitative estimate of drug-likeness (QED) is 0.523. The van der Waals surface area contributed by atoms with Crippen molar-refractivity contribution in [2.45, 2.75) is 39.0 Å². The van der Waals surface area contributed by atoms with Crippen LogP contribution >= 0.6 is 0 Å². The molecule has 0 N–H and O–H groups in total. The Balaban J connectivity index is 2.66. The van der Waals surface area contributed by atoms with Crippen molar-refractivity contribution in [2.75, 3.05) is 0 Å². The fraction of sp³-hybridized carbons (Fsp3) is 0.700. The van der Waals surface area contributed by atoms with E-state index in [1.54, 1.807) is 0 Å². The predicted octanol–water partition coefficient (Wildman–Crippen LogP) is 2.16. The maximum absolute atomic E-state index is 11.4. The van der Waals surface area contributed by atoms with Crippen molar-refractivity contribution in [3.63, 3.8) is 0 Å². The molecule has 1 rings (SSSR count). The molecule has 0 bridgehead atoms. The van der Waals surface area contributed by atoms with Crippen LogP contribution in [0.4, 0.5) is 0 Å². The van der Waals surface area contributed by atoms with E-state index in [2.05, 4.69) is 5.92 Å². The molecular formula is C10H14O. The number of carbonyl (C=O) groups is 1. The molecule has 11 heavy (non-hydrogen) atoms. The molecular weight excluding hydrogens is 136 g/mol. The Labute approximate surface area is 68.2 Å². The standard InChI is InChI=1S/C10H14O/c1-3-7-10(2)8-5-4-6-9(10)11/h1H,4-8H2,2H3. The van der Waals surface area contributed by atoms with Gasteiger partial charge in [0.05, 0.1) is 0 Å². The Morgan fingerprint density at radius 1 is 1.64 bits per heavy atom. The Kier molecular flexibility index (Phi) is 2.34. The lowest BCUT2D eigenvalue weighted by atomic mass is 9.73. The number of Topliss-reactive ketones (excluding diaryl/α,β-unsaturated/α-hetero) is 1. The minimum Gasteiger partial charge on any atom is -0.299 e. The summed E-state index contributed by atoms with van der Waals surface area (Å²) in [5, 5.41) is 0. The second-order valence-electron chi connectivity index (χ2n) is 3.57. The summed E-state index contributed by atoms with van der Waals surface area (Å²) in [4.78, 5) is 11.4. The second kappa shape index (κ2) is 3.09. The topological polar surface area (TPSA) is 17.1 Å². The van der Waals surface area contributed by atoms with Crippen molar-refractivity contribution in [1.29, 1.82) is 0 Å². The van der Waals surface area contributed by atoms with Crippen LogP contribution in [0.5, 0.6) is 0 Å². The fourth-order valence-electron chi connectivity index (χ4n) is 1.65. The maximum Gasteiger partial charge on any atom is 0.139 e. The zero-order valence-corrected chi connectivity index (χ0v) is 7.02. The Morgan fingerprint density at radius 2 is 2.36 bits per heavy atom. The smallest absolute Gasteiger partial charge is 0.139 e. The molecule has 0 aromatic carbocycles. The van der Waals surface area contributed by atoms with Crippen LogP contribution in [0.2, 0.25) is 0 Å². The minimum absolute atomic E-state index is 0.188. The number of ketones is 1. The van der Waals surface area contributed by atoms with Gasteiger partial charge in [-0.15, -0.1) is 12.3 Å². The van der Waals surface area contributed by atoms with Gasteiger partial charge in [0, 0.05) is 18.3 Å². The number of rotatable bonds is 1. The zero-order valence-electron chi connectivity index (χ0n) is 7.02. The molecule has 1 aliphatic rings. The van der Waals surface area contributed by atoms with Crippen LogP contribution in [-0.4, -0.2) is 5.78 Å². The first-order chi connectivity index (χ1) is 5.19. The van der Waals surface area contributed by atoms with E-state index in [-0.39, 0.29) is 5.41 Å². The van der Waals surface area contributed by atoms with Crippen LogP contribution in [0, 0.1) is 17.8 Å². The van der Waals surface area contributed by atoms with E-state index in [9.17, 15) is 4.79 Å². The molecule has 1 atom stereocenters. The minimum atomic E-state index is -0.188. The van der Waals surface area contributed by atoms with E-state index in [0.717, 1.165) is 25.7 Å². The highest BCUT2D eigenvalue weighted by Crippen LogP contribution is 2.35. The van der Waals surface area contributed by atoms with Gasteiger partial charge in [-0.05, 0) is 12.8 Å². The Hall–Kier alpha value is -0.770. The molecule has 1 unspecified atom stereocenters. The summed E-state index contributed by atoms with van der Waals surface area (Å²) >= 11 is 0. The van der Waals surface area contributed by atoms with Gasteiger partial charge in [0.15, 0.2) is 0 Å². The first-order valence-corrected chi connectivity index (χ1v) is 4.16. The molecule has 0 aromatic rings. The highest BCUT2D eigenvalue weighted by molar-refractivity contribution is 5.85. The molecule has 0 radical (unpaired) electrons. The predicted molar refractivity (Wildman–Crippen MR) is 45.0 cm³/mol. The number of hydrogen-bond donors (Lipinski definition) is 0. The molecule has 0 amide bonds. The van der Waals surface area contributed by atoms with Gasteiger partial charge in [0.1, 0.15) is 5.78 Å². The molecule has 0 saturated heterocycles. The van der Waals surface area contributed by atoms with E-state index in [1.165, 1.54) is 0 Å². The monoisotopic (exact) mass is 150 g/mol. The third-order valence-corrected chi connectivity index (χ3v) is 2.55. The maximum atomic E-state index is 11.4. The summed E-state index contributed by atoms with van der Waals surface area (Å²) in [6.45, 7) is 1.99. The van der Waals surface area contributed by atoms with E-state index in [4.69, 9.17) is 6.42 Å². The summed E-state index contributed by atoms with van der Waals surface area (Å²) in [5.74, 6) is 2.95. The van der Waals surface area contributed by atoms with Crippen LogP contribution in [0.25, 0.3) is 0 Å². The molecule has 60 valence electrons. The summed E-state index contributed by atoms with van der Waals surface area (Å²) in [6, 6.07) is 0. The van der Waals surface area contributed by atoms with Crippen molar-refractivity contribution in [3.05, 3.63) is 0 Å². The van der Waals surface area contributed by atoms with Gasteiger partial charge in [-0.25, -0.2) is 0 Å². The van der Waals surface area contributed by atoms with Crippen molar-refractivity contribution in [3.8, 4) is 12.3 Å². The molecule has 1 nitrogen and oxygen atoms in total. The summed E-state index contributed by atoms with van der Waals surface area (Å²) in [5.41, 5.74) is -0.188. The van der Waals surface area contributed by atoms with Crippen LogP contribution in [0.1, 0.15) is 39.0 Å². The highest BCUT2D eigenvalue weighted by Gasteiger charge is 2.33. The number of carbonyl (C=O) groups excluding carboxylic acids is 1. The van der Waals surface area contributed by atoms with E-state index in [1.807, 2.05) is 6.92 Å². The summed E-state index contributed by atoms with van der Waals surface area (Å²) in [6.07, 6.45) is 9.75. The number of hydrogen-bond acceptors (Lipinski definition) is 1. The molecule has 1 fully saturated rings. The molecule has 0 aliphatic heterocycles. The largest absolute Gasteiger partial charge is 0.299 e. The van der Waals surface area contributed by atoms with Gasteiger partial charge < -0.3 is 0 Å². The third kappa shape index (κ3) is 1.63. The lowest BCUT2D eigenvalue weighted by Crippen LogP contribution is -2.30. The van der Waals surface area contributed by atoms with Crippen molar-refractivity contribution in [1.82, 2.24) is 0 Å². The molecule has 1 saturated carbocycles. The van der Waals surface area contributed by atoms with Crippen LogP contribution < -0.4 is 0 Å². The van der Waals surface area contributed by atoms with Crippen LogP contribution in [-0.2, 0) is 4.79 Å². The van der Waals surface area contributed by atoms with Gasteiger partial charge in [-0.1, -0.05) is 13.3 Å². The molecule has 0 aromatic heterocycles. The second-order valence-corrected chi connectivity index (χ2v) is 3.57. The van der Waals surface area contributed by atoms with E-state index >= 15 is 0 Å². The normalized spacial score (nSPS) is 31.5. The fourth-order valence-corrected chi connectivity index (χ4v) is 1.65. The van der Waals surface area contributed by atoms with Gasteiger partial charge >= 0.3 is 0 Å². The molecule has 0 spiro atoms. The van der Waals surface area contributed by atoms with Gasteiger partial charge in [-0.2, -0.15) is 0 Å². The first-order valence-electron chi connectivity index (χ1n) is 4.16. The zero-order chi connectivity index (χ0) is 8.32. The van der Waals surface area contributed by atoms with Gasteiger partial charge in [0.25, 0.3) is 0 Å². The van der Waals surface area contributed by atoms with Gasteiger partial charge in [0.2, 0.25) is 0 Å². The highest BCUT2D eigenvalue weighted by atomic mass is 16.1. The first kappa shape index (κ1) is 8.33. The SMILES string of the molecule is C#CCC1(C)CCCCC1=O.